The summed E-state index contributed by atoms with van der Waals surface area (Å²) in [6.45, 7) is 1.71. The zero-order chi connectivity index (χ0) is 8.36. The van der Waals surface area contributed by atoms with E-state index < -0.39 is 0 Å². The Kier molecular flexibility index (Phi) is 2.60. The van der Waals surface area contributed by atoms with Gasteiger partial charge < -0.3 is 10.2 Å². The largest absolute Gasteiger partial charge is 0.366 e. The van der Waals surface area contributed by atoms with Crippen LogP contribution in [0.25, 0.3) is 0 Å². The SMILES string of the molecule is C/C(=C\[N+](C)(C)C)C(N)=O. The predicted octanol–water partition coefficient (Wildman–Crippen LogP) is 0.0817. The lowest BCUT2D eigenvalue weighted by molar-refractivity contribution is -0.817. The van der Waals surface area contributed by atoms with Crippen LogP contribution in [0.4, 0.5) is 0 Å². The Morgan fingerprint density at radius 2 is 1.80 bits per heavy atom. The summed E-state index contributed by atoms with van der Waals surface area (Å²) in [6.07, 6.45) is 1.81. The average Bonchev–Trinajstić information content (AvgIpc) is 1.60. The molecule has 0 aliphatic rings. The smallest absolute Gasteiger partial charge is 0.249 e. The number of nitrogens with zero attached hydrogens (tertiary/aromatic N) is 1. The molecule has 1 amide bonds. The summed E-state index contributed by atoms with van der Waals surface area (Å²) in [5.41, 5.74) is 5.63. The number of carbonyl (C=O) groups excluding carboxylic acids is 1. The van der Waals surface area contributed by atoms with Crippen molar-refractivity contribution in [1.29, 1.82) is 0 Å². The Morgan fingerprint density at radius 3 is 1.90 bits per heavy atom. The molecule has 0 spiro atoms. The first-order chi connectivity index (χ1) is 4.33. The summed E-state index contributed by atoms with van der Waals surface area (Å²) in [5, 5.41) is 0. The van der Waals surface area contributed by atoms with Gasteiger partial charge in [0.2, 0.25) is 5.91 Å². The number of primary amides is 1. The summed E-state index contributed by atoms with van der Waals surface area (Å²) in [5.74, 6) is -0.354. The van der Waals surface area contributed by atoms with Gasteiger partial charge in [-0.3, -0.25) is 4.79 Å². The highest BCUT2D eigenvalue weighted by atomic mass is 16.1. The first kappa shape index (κ1) is 9.17. The van der Waals surface area contributed by atoms with Gasteiger partial charge in [0, 0.05) is 0 Å². The maximum atomic E-state index is 10.5. The first-order valence-electron chi connectivity index (χ1n) is 3.13. The minimum Gasteiger partial charge on any atom is -0.366 e. The normalized spacial score (nSPS) is 13.4. The molecule has 2 N–H and O–H groups in total. The van der Waals surface area contributed by atoms with Crippen LogP contribution in [0.15, 0.2) is 11.8 Å². The summed E-state index contributed by atoms with van der Waals surface area (Å²) in [7, 11) is 5.89. The average molecular weight is 143 g/mol. The second-order valence-corrected chi connectivity index (χ2v) is 3.29. The Morgan fingerprint density at radius 1 is 1.40 bits per heavy atom. The molecule has 0 aromatic carbocycles. The molecule has 0 rings (SSSR count). The van der Waals surface area contributed by atoms with Crippen LogP contribution >= 0.6 is 0 Å². The van der Waals surface area contributed by atoms with Gasteiger partial charge in [0.15, 0.2) is 0 Å². The molecule has 0 saturated heterocycles. The summed E-state index contributed by atoms with van der Waals surface area (Å²) in [4.78, 5) is 10.5. The third kappa shape index (κ3) is 4.09. The van der Waals surface area contributed by atoms with Crippen molar-refractivity contribution in [2.24, 2.45) is 5.73 Å². The summed E-state index contributed by atoms with van der Waals surface area (Å²) >= 11 is 0. The van der Waals surface area contributed by atoms with Gasteiger partial charge in [-0.15, -0.1) is 0 Å². The van der Waals surface area contributed by atoms with Gasteiger partial charge in [0.25, 0.3) is 0 Å². The van der Waals surface area contributed by atoms with Gasteiger partial charge in [0.1, 0.15) is 6.20 Å². The van der Waals surface area contributed by atoms with Crippen molar-refractivity contribution < 1.29 is 9.28 Å². The molecule has 0 aromatic rings. The molecule has 0 heterocycles. The van der Waals surface area contributed by atoms with E-state index in [-0.39, 0.29) is 5.91 Å². The van der Waals surface area contributed by atoms with E-state index in [2.05, 4.69) is 0 Å². The Bertz CT molecular complexity index is 165. The molecule has 58 valence electrons. The first-order valence-corrected chi connectivity index (χ1v) is 3.13. The summed E-state index contributed by atoms with van der Waals surface area (Å²) < 4.78 is 0.620. The lowest BCUT2D eigenvalue weighted by atomic mass is 10.3. The molecule has 10 heavy (non-hydrogen) atoms. The molecule has 3 nitrogen and oxygen atoms in total. The number of quaternary nitrogens is 1. The van der Waals surface area contributed by atoms with E-state index in [4.69, 9.17) is 5.73 Å². The number of carbonyl (C=O) groups is 1. The number of rotatable bonds is 2. The quantitative estimate of drug-likeness (QED) is 0.432. The highest BCUT2D eigenvalue weighted by molar-refractivity contribution is 5.90. The maximum Gasteiger partial charge on any atom is 0.249 e. The highest BCUT2D eigenvalue weighted by Gasteiger charge is 2.06. The predicted molar refractivity (Wildman–Crippen MR) is 41.0 cm³/mol. The van der Waals surface area contributed by atoms with Crippen molar-refractivity contribution in [3.8, 4) is 0 Å². The van der Waals surface area contributed by atoms with Gasteiger partial charge in [0.05, 0.1) is 26.7 Å². The van der Waals surface area contributed by atoms with Gasteiger partial charge in [-0.25, -0.2) is 0 Å². The van der Waals surface area contributed by atoms with Crippen molar-refractivity contribution in [3.05, 3.63) is 11.8 Å². The Balaban J connectivity index is 4.32. The molecule has 0 saturated carbocycles. The standard InChI is InChI=1S/C7H14N2O/c1-6(7(8)10)5-9(2,3)4/h5H,1-4H3,(H-,8,10)/p+1/b6-5+. The van der Waals surface area contributed by atoms with E-state index in [0.29, 0.717) is 10.1 Å². The fraction of sp³-hybridized carbons (Fsp3) is 0.571. The van der Waals surface area contributed by atoms with Gasteiger partial charge in [-0.2, -0.15) is 0 Å². The van der Waals surface area contributed by atoms with Crippen LogP contribution in [0.2, 0.25) is 0 Å². The van der Waals surface area contributed by atoms with Crippen molar-refractivity contribution >= 4 is 5.91 Å². The van der Waals surface area contributed by atoms with E-state index in [1.165, 1.54) is 0 Å². The van der Waals surface area contributed by atoms with Crippen molar-refractivity contribution in [3.63, 3.8) is 0 Å². The zero-order valence-electron chi connectivity index (χ0n) is 7.01. The van der Waals surface area contributed by atoms with Crippen LogP contribution in [0, 0.1) is 0 Å². The third-order valence-electron chi connectivity index (χ3n) is 0.970. The Labute approximate surface area is 61.7 Å². The van der Waals surface area contributed by atoms with Crippen molar-refractivity contribution in [2.45, 2.75) is 6.92 Å². The number of hydrogen-bond donors (Lipinski definition) is 1. The fourth-order valence-corrected chi connectivity index (χ4v) is 0.645. The molecule has 0 atom stereocenters. The van der Waals surface area contributed by atoms with Crippen molar-refractivity contribution in [2.75, 3.05) is 21.1 Å². The van der Waals surface area contributed by atoms with Crippen LogP contribution in [0.3, 0.4) is 0 Å². The molecule has 3 heteroatoms. The number of nitrogens with two attached hydrogens (primary N) is 1. The van der Waals surface area contributed by atoms with Gasteiger partial charge in [-0.05, 0) is 6.92 Å². The zero-order valence-corrected chi connectivity index (χ0v) is 7.01. The van der Waals surface area contributed by atoms with Crippen LogP contribution in [0.5, 0.6) is 0 Å². The topological polar surface area (TPSA) is 43.1 Å². The molecule has 0 unspecified atom stereocenters. The van der Waals surface area contributed by atoms with E-state index >= 15 is 0 Å². The molecule has 0 bridgehead atoms. The Hall–Kier alpha value is -0.830. The molecule has 0 radical (unpaired) electrons. The van der Waals surface area contributed by atoms with Crippen LogP contribution in [-0.2, 0) is 4.79 Å². The fourth-order valence-electron chi connectivity index (χ4n) is 0.645. The molecule has 0 fully saturated rings. The molecule has 0 aromatic heterocycles. The number of amides is 1. The van der Waals surface area contributed by atoms with Gasteiger partial charge in [-0.1, -0.05) is 0 Å². The second kappa shape index (κ2) is 2.84. The molecular formula is C7H15N2O+. The van der Waals surface area contributed by atoms with E-state index in [9.17, 15) is 4.79 Å². The molecule has 0 aliphatic heterocycles. The minimum atomic E-state index is -0.354. The molecular weight excluding hydrogens is 128 g/mol. The third-order valence-corrected chi connectivity index (χ3v) is 0.970. The lowest BCUT2D eigenvalue weighted by Gasteiger charge is -2.18. The maximum absolute atomic E-state index is 10.5. The summed E-state index contributed by atoms with van der Waals surface area (Å²) in [6, 6.07) is 0. The van der Waals surface area contributed by atoms with Crippen LogP contribution < -0.4 is 5.73 Å². The van der Waals surface area contributed by atoms with Crippen LogP contribution in [-0.4, -0.2) is 31.5 Å². The monoisotopic (exact) mass is 143 g/mol. The minimum absolute atomic E-state index is 0.354. The lowest BCUT2D eigenvalue weighted by Crippen LogP contribution is -2.29. The van der Waals surface area contributed by atoms with Crippen LogP contribution in [0.1, 0.15) is 6.92 Å². The van der Waals surface area contributed by atoms with E-state index in [1.54, 1.807) is 6.92 Å². The second-order valence-electron chi connectivity index (χ2n) is 3.29. The van der Waals surface area contributed by atoms with Crippen molar-refractivity contribution in [1.82, 2.24) is 0 Å². The number of hydrogen-bond acceptors (Lipinski definition) is 1. The molecule has 0 aliphatic carbocycles. The van der Waals surface area contributed by atoms with E-state index in [1.807, 2.05) is 27.3 Å². The van der Waals surface area contributed by atoms with Gasteiger partial charge >= 0.3 is 0 Å². The highest BCUT2D eigenvalue weighted by Crippen LogP contribution is 1.98. The van der Waals surface area contributed by atoms with E-state index in [0.717, 1.165) is 0 Å².